The van der Waals surface area contributed by atoms with Crippen LogP contribution in [-0.2, 0) is 10.8 Å². The number of allylic oxidation sites excluding steroid dienone is 1. The van der Waals surface area contributed by atoms with Crippen molar-refractivity contribution in [1.82, 2.24) is 0 Å². The fourth-order valence-electron chi connectivity index (χ4n) is 2.96. The van der Waals surface area contributed by atoms with E-state index in [2.05, 4.69) is 50.3 Å². The topological polar surface area (TPSA) is 17.1 Å². The third-order valence-corrected chi connectivity index (χ3v) is 5.72. The predicted molar refractivity (Wildman–Crippen MR) is 87.3 cm³/mol. The fraction of sp³-hybridized carbons (Fsp3) is 0.333. The molecule has 104 valence electrons. The van der Waals surface area contributed by atoms with E-state index in [0.29, 0.717) is 0 Å². The molecule has 0 fully saturated rings. The predicted octanol–water partition coefficient (Wildman–Crippen LogP) is 4.92. The lowest BCUT2D eigenvalue weighted by Gasteiger charge is -2.23. The maximum Gasteiger partial charge on any atom is 0.0606 e. The molecule has 0 amide bonds. The molecule has 0 aliphatic carbocycles. The van der Waals surface area contributed by atoms with E-state index >= 15 is 0 Å². The Morgan fingerprint density at radius 2 is 1.80 bits per heavy atom. The molecule has 0 radical (unpaired) electrons. The Hall–Kier alpha value is -1.41. The van der Waals surface area contributed by atoms with Gasteiger partial charge in [-0.1, -0.05) is 50.6 Å². The summed E-state index contributed by atoms with van der Waals surface area (Å²) in [5.41, 5.74) is 2.54. The third-order valence-electron chi connectivity index (χ3n) is 4.03. The van der Waals surface area contributed by atoms with Crippen LogP contribution in [0.2, 0.25) is 0 Å². The summed E-state index contributed by atoms with van der Waals surface area (Å²) in [6.07, 6.45) is 5.33. The van der Waals surface area contributed by atoms with Crippen molar-refractivity contribution in [1.29, 1.82) is 0 Å². The van der Waals surface area contributed by atoms with Gasteiger partial charge in [0.25, 0.3) is 0 Å². The number of fused-ring (bicyclic) bond motifs is 2. The minimum atomic E-state index is -0.908. The van der Waals surface area contributed by atoms with Crippen molar-refractivity contribution >= 4 is 27.1 Å². The Balaban J connectivity index is 2.21. The molecule has 0 bridgehead atoms. The average molecular weight is 284 g/mol. The van der Waals surface area contributed by atoms with Gasteiger partial charge in [0.1, 0.15) is 0 Å². The van der Waals surface area contributed by atoms with Gasteiger partial charge in [-0.05, 0) is 46.9 Å². The van der Waals surface area contributed by atoms with Crippen LogP contribution in [0.25, 0.3) is 16.3 Å². The molecule has 1 heterocycles. The Kier molecular flexibility index (Phi) is 3.75. The smallest absolute Gasteiger partial charge is 0.0606 e. The van der Waals surface area contributed by atoms with E-state index in [1.807, 2.05) is 6.07 Å². The van der Waals surface area contributed by atoms with Gasteiger partial charge in [-0.25, -0.2) is 0 Å². The second-order valence-corrected chi connectivity index (χ2v) is 7.01. The van der Waals surface area contributed by atoms with Crippen LogP contribution >= 0.6 is 0 Å². The summed E-state index contributed by atoms with van der Waals surface area (Å²) in [4.78, 5) is 1.03. The van der Waals surface area contributed by atoms with Crippen LogP contribution in [0.5, 0.6) is 0 Å². The van der Waals surface area contributed by atoms with Gasteiger partial charge < -0.3 is 0 Å². The molecule has 3 rings (SSSR count). The zero-order valence-electron chi connectivity index (χ0n) is 12.1. The van der Waals surface area contributed by atoms with Crippen LogP contribution in [-0.4, -0.2) is 9.46 Å². The van der Waals surface area contributed by atoms with Crippen LogP contribution in [0, 0.1) is 0 Å². The van der Waals surface area contributed by atoms with Gasteiger partial charge in [0, 0.05) is 4.90 Å². The van der Waals surface area contributed by atoms with Crippen molar-refractivity contribution in [2.75, 3.05) is 0 Å². The molecule has 1 aliphatic heterocycles. The molecule has 2 unspecified atom stereocenters. The van der Waals surface area contributed by atoms with E-state index in [1.54, 1.807) is 0 Å². The summed E-state index contributed by atoms with van der Waals surface area (Å²) in [5.74, 6) is 0. The fourth-order valence-corrected chi connectivity index (χ4v) is 4.67. The zero-order valence-corrected chi connectivity index (χ0v) is 12.9. The van der Waals surface area contributed by atoms with E-state index in [4.69, 9.17) is 0 Å². The molecule has 2 atom stereocenters. The van der Waals surface area contributed by atoms with Crippen LogP contribution < -0.4 is 0 Å². The highest BCUT2D eigenvalue weighted by molar-refractivity contribution is 7.86. The van der Waals surface area contributed by atoms with Crippen molar-refractivity contribution in [3.63, 3.8) is 0 Å². The van der Waals surface area contributed by atoms with Gasteiger partial charge in [-0.15, -0.1) is 0 Å². The molecule has 20 heavy (non-hydrogen) atoms. The van der Waals surface area contributed by atoms with Crippen molar-refractivity contribution in [3.8, 4) is 0 Å². The molecule has 2 aromatic rings. The quantitative estimate of drug-likeness (QED) is 0.781. The van der Waals surface area contributed by atoms with Crippen molar-refractivity contribution in [2.24, 2.45) is 0 Å². The molecule has 2 heteroatoms. The van der Waals surface area contributed by atoms with E-state index in [9.17, 15) is 4.21 Å². The monoisotopic (exact) mass is 284 g/mol. The minimum absolute atomic E-state index is 0.184. The Morgan fingerprint density at radius 1 is 1.10 bits per heavy atom. The van der Waals surface area contributed by atoms with Gasteiger partial charge in [0.05, 0.1) is 16.0 Å². The van der Waals surface area contributed by atoms with Crippen LogP contribution in [0.4, 0.5) is 0 Å². The molecule has 0 spiro atoms. The molecular formula is C18H20OS. The third kappa shape index (κ3) is 2.22. The van der Waals surface area contributed by atoms with E-state index in [1.165, 1.54) is 21.9 Å². The largest absolute Gasteiger partial charge is 0.254 e. The lowest BCUT2D eigenvalue weighted by atomic mass is 9.97. The van der Waals surface area contributed by atoms with Crippen LogP contribution in [0.15, 0.2) is 47.4 Å². The second kappa shape index (κ2) is 5.53. The first-order valence-corrected chi connectivity index (χ1v) is 8.60. The number of hydrogen-bond donors (Lipinski definition) is 0. The highest BCUT2D eigenvalue weighted by atomic mass is 32.2. The van der Waals surface area contributed by atoms with Crippen molar-refractivity contribution in [3.05, 3.63) is 48.0 Å². The van der Waals surface area contributed by atoms with Crippen LogP contribution in [0.1, 0.15) is 38.7 Å². The van der Waals surface area contributed by atoms with Gasteiger partial charge >= 0.3 is 0 Å². The van der Waals surface area contributed by atoms with Crippen molar-refractivity contribution in [2.45, 2.75) is 43.3 Å². The first kappa shape index (κ1) is 13.6. The molecule has 2 aromatic carbocycles. The number of rotatable bonds is 3. The first-order chi connectivity index (χ1) is 9.74. The zero-order chi connectivity index (χ0) is 14.1. The molecule has 1 nitrogen and oxygen atoms in total. The summed E-state index contributed by atoms with van der Waals surface area (Å²) >= 11 is 0. The Labute approximate surface area is 123 Å². The second-order valence-electron chi connectivity index (χ2n) is 5.37. The standard InChI is InChI=1S/C18H20OS/c1-3-7-16-10-13(4-2)17-11-14-8-5-6-9-15(14)12-18(17)20(16)19/h5-6,8-12,16H,3-4,7H2,1-2H3. The SMILES string of the molecule is CCCC1C=C(CC)c2cc3ccccc3cc2S1=O. The van der Waals surface area contributed by atoms with Gasteiger partial charge in [0.15, 0.2) is 0 Å². The number of hydrogen-bond acceptors (Lipinski definition) is 1. The van der Waals surface area contributed by atoms with Gasteiger partial charge in [-0.2, -0.15) is 0 Å². The number of benzene rings is 2. The highest BCUT2D eigenvalue weighted by Crippen LogP contribution is 2.36. The minimum Gasteiger partial charge on any atom is -0.254 e. The average Bonchev–Trinajstić information content (AvgIpc) is 2.49. The van der Waals surface area contributed by atoms with E-state index < -0.39 is 10.8 Å². The maximum absolute atomic E-state index is 12.8. The van der Waals surface area contributed by atoms with Gasteiger partial charge in [0.2, 0.25) is 0 Å². The Morgan fingerprint density at radius 3 is 2.45 bits per heavy atom. The molecule has 0 saturated carbocycles. The normalized spacial score (nSPS) is 21.6. The van der Waals surface area contributed by atoms with Gasteiger partial charge in [-0.3, -0.25) is 4.21 Å². The molecule has 0 aromatic heterocycles. The molecule has 0 N–H and O–H groups in total. The lowest BCUT2D eigenvalue weighted by Crippen LogP contribution is -2.18. The summed E-state index contributed by atoms with van der Waals surface area (Å²) in [7, 11) is -0.908. The summed E-state index contributed by atoms with van der Waals surface area (Å²) in [6, 6.07) is 12.7. The highest BCUT2D eigenvalue weighted by Gasteiger charge is 2.25. The summed E-state index contributed by atoms with van der Waals surface area (Å²) in [5, 5.41) is 2.60. The summed E-state index contributed by atoms with van der Waals surface area (Å²) < 4.78 is 12.8. The lowest BCUT2D eigenvalue weighted by molar-refractivity contribution is 0.668. The molecule has 1 aliphatic rings. The molecule has 0 saturated heterocycles. The van der Waals surface area contributed by atoms with E-state index in [-0.39, 0.29) is 5.25 Å². The summed E-state index contributed by atoms with van der Waals surface area (Å²) in [6.45, 7) is 4.34. The first-order valence-electron chi connectivity index (χ1n) is 7.39. The van der Waals surface area contributed by atoms with Crippen molar-refractivity contribution < 1.29 is 4.21 Å². The van der Waals surface area contributed by atoms with E-state index in [0.717, 1.165) is 24.2 Å². The maximum atomic E-state index is 12.8. The Bertz CT molecular complexity index is 700. The molecular weight excluding hydrogens is 264 g/mol. The van der Waals surface area contributed by atoms with Crippen LogP contribution in [0.3, 0.4) is 0 Å².